The lowest BCUT2D eigenvalue weighted by Gasteiger charge is -2.16. The molecule has 1 aromatic heterocycles. The molecule has 1 atom stereocenters. The molecule has 2 rings (SSSR count). The van der Waals surface area contributed by atoms with Gasteiger partial charge in [0.1, 0.15) is 0 Å². The minimum Gasteiger partial charge on any atom is -0.319 e. The van der Waals surface area contributed by atoms with E-state index in [0.717, 1.165) is 17.7 Å². The zero-order valence-electron chi connectivity index (χ0n) is 11.3. The molecule has 1 aromatic carbocycles. The molecular formula is C16H20N2. The number of rotatable bonds is 3. The van der Waals surface area contributed by atoms with Gasteiger partial charge in [-0.05, 0) is 48.6 Å². The molecular weight excluding hydrogens is 220 g/mol. The molecule has 0 aliphatic carbocycles. The summed E-state index contributed by atoms with van der Waals surface area (Å²) in [5, 5.41) is 0. The molecule has 0 radical (unpaired) electrons. The molecule has 0 aliphatic heterocycles. The topological polar surface area (TPSA) is 38.9 Å². The number of aromatic nitrogens is 1. The third-order valence-corrected chi connectivity index (χ3v) is 3.49. The van der Waals surface area contributed by atoms with Crippen LogP contribution in [-0.2, 0) is 6.42 Å². The van der Waals surface area contributed by atoms with Crippen molar-refractivity contribution < 1.29 is 0 Å². The SMILES string of the molecule is CCc1cccnc1C(N)c1ccc(C)c(C)c1. The summed E-state index contributed by atoms with van der Waals surface area (Å²) in [5.41, 5.74) is 12.3. The van der Waals surface area contributed by atoms with Crippen molar-refractivity contribution in [2.45, 2.75) is 33.2 Å². The van der Waals surface area contributed by atoms with Crippen LogP contribution in [0, 0.1) is 13.8 Å². The molecule has 94 valence electrons. The van der Waals surface area contributed by atoms with Crippen molar-refractivity contribution in [3.8, 4) is 0 Å². The van der Waals surface area contributed by atoms with Gasteiger partial charge >= 0.3 is 0 Å². The molecule has 2 heteroatoms. The number of benzene rings is 1. The summed E-state index contributed by atoms with van der Waals surface area (Å²) in [6.07, 6.45) is 2.77. The largest absolute Gasteiger partial charge is 0.319 e. The van der Waals surface area contributed by atoms with Crippen LogP contribution < -0.4 is 5.73 Å². The monoisotopic (exact) mass is 240 g/mol. The van der Waals surface area contributed by atoms with Gasteiger partial charge in [-0.3, -0.25) is 4.98 Å². The Bertz CT molecular complexity index is 547. The molecule has 1 unspecified atom stereocenters. The van der Waals surface area contributed by atoms with E-state index in [2.05, 4.69) is 50.0 Å². The van der Waals surface area contributed by atoms with Crippen molar-refractivity contribution in [1.82, 2.24) is 4.98 Å². The third kappa shape index (κ3) is 2.44. The van der Waals surface area contributed by atoms with E-state index in [0.29, 0.717) is 0 Å². The smallest absolute Gasteiger partial charge is 0.0729 e. The van der Waals surface area contributed by atoms with Gasteiger partial charge in [-0.15, -0.1) is 0 Å². The second-order valence-corrected chi connectivity index (χ2v) is 4.72. The number of aryl methyl sites for hydroxylation is 3. The van der Waals surface area contributed by atoms with Gasteiger partial charge in [0.2, 0.25) is 0 Å². The Morgan fingerprint density at radius 3 is 2.61 bits per heavy atom. The van der Waals surface area contributed by atoms with E-state index in [1.54, 1.807) is 0 Å². The van der Waals surface area contributed by atoms with Gasteiger partial charge in [0.15, 0.2) is 0 Å². The first-order valence-electron chi connectivity index (χ1n) is 6.40. The van der Waals surface area contributed by atoms with Crippen molar-refractivity contribution in [3.63, 3.8) is 0 Å². The average molecular weight is 240 g/mol. The summed E-state index contributed by atoms with van der Waals surface area (Å²) < 4.78 is 0. The first kappa shape index (κ1) is 12.8. The van der Waals surface area contributed by atoms with Crippen LogP contribution in [0.3, 0.4) is 0 Å². The maximum absolute atomic E-state index is 6.35. The van der Waals surface area contributed by atoms with E-state index in [1.165, 1.54) is 16.7 Å². The number of nitrogens with zero attached hydrogens (tertiary/aromatic N) is 1. The van der Waals surface area contributed by atoms with Crippen molar-refractivity contribution in [3.05, 3.63) is 64.5 Å². The number of nitrogens with two attached hydrogens (primary N) is 1. The summed E-state index contributed by atoms with van der Waals surface area (Å²) >= 11 is 0. The van der Waals surface area contributed by atoms with Crippen LogP contribution in [0.1, 0.15) is 40.9 Å². The van der Waals surface area contributed by atoms with Gasteiger partial charge in [-0.25, -0.2) is 0 Å². The van der Waals surface area contributed by atoms with Crippen molar-refractivity contribution >= 4 is 0 Å². The van der Waals surface area contributed by atoms with Crippen molar-refractivity contribution in [1.29, 1.82) is 0 Å². The highest BCUT2D eigenvalue weighted by atomic mass is 14.8. The van der Waals surface area contributed by atoms with E-state index in [4.69, 9.17) is 5.73 Å². The first-order valence-corrected chi connectivity index (χ1v) is 6.40. The molecule has 18 heavy (non-hydrogen) atoms. The zero-order valence-corrected chi connectivity index (χ0v) is 11.3. The maximum atomic E-state index is 6.35. The predicted octanol–water partition coefficient (Wildman–Crippen LogP) is 3.31. The Morgan fingerprint density at radius 1 is 1.17 bits per heavy atom. The van der Waals surface area contributed by atoms with Gasteiger partial charge < -0.3 is 5.73 Å². The maximum Gasteiger partial charge on any atom is 0.0729 e. The van der Waals surface area contributed by atoms with Crippen LogP contribution in [0.25, 0.3) is 0 Å². The molecule has 0 saturated heterocycles. The Morgan fingerprint density at radius 2 is 1.94 bits per heavy atom. The minimum absolute atomic E-state index is 0.138. The van der Waals surface area contributed by atoms with Crippen LogP contribution in [0.5, 0.6) is 0 Å². The molecule has 2 nitrogen and oxygen atoms in total. The van der Waals surface area contributed by atoms with E-state index in [9.17, 15) is 0 Å². The molecule has 0 amide bonds. The second-order valence-electron chi connectivity index (χ2n) is 4.72. The van der Waals surface area contributed by atoms with Gasteiger partial charge in [-0.2, -0.15) is 0 Å². The zero-order chi connectivity index (χ0) is 13.1. The lowest BCUT2D eigenvalue weighted by molar-refractivity contribution is 0.804. The molecule has 0 fully saturated rings. The van der Waals surface area contributed by atoms with Crippen LogP contribution in [0.4, 0.5) is 0 Å². The highest BCUT2D eigenvalue weighted by Crippen LogP contribution is 2.23. The summed E-state index contributed by atoms with van der Waals surface area (Å²) in [4.78, 5) is 4.45. The van der Waals surface area contributed by atoms with E-state index < -0.39 is 0 Å². The van der Waals surface area contributed by atoms with Crippen molar-refractivity contribution in [2.24, 2.45) is 5.73 Å². The Labute approximate surface area is 109 Å². The van der Waals surface area contributed by atoms with E-state index in [1.807, 2.05) is 12.3 Å². The highest BCUT2D eigenvalue weighted by Gasteiger charge is 2.14. The summed E-state index contributed by atoms with van der Waals surface area (Å²) in [7, 11) is 0. The summed E-state index contributed by atoms with van der Waals surface area (Å²) in [5.74, 6) is 0. The number of pyridine rings is 1. The fourth-order valence-electron chi connectivity index (χ4n) is 2.15. The molecule has 2 N–H and O–H groups in total. The standard InChI is InChI=1S/C16H20N2/c1-4-13-6-5-9-18-16(13)15(17)14-8-7-11(2)12(3)10-14/h5-10,15H,4,17H2,1-3H3. The van der Waals surface area contributed by atoms with E-state index in [-0.39, 0.29) is 6.04 Å². The molecule has 2 aromatic rings. The molecule has 0 bridgehead atoms. The molecule has 0 saturated carbocycles. The minimum atomic E-state index is -0.138. The Hall–Kier alpha value is -1.67. The normalized spacial score (nSPS) is 12.4. The molecule has 0 aliphatic rings. The quantitative estimate of drug-likeness (QED) is 0.894. The van der Waals surface area contributed by atoms with Crippen molar-refractivity contribution in [2.75, 3.05) is 0 Å². The van der Waals surface area contributed by atoms with Crippen LogP contribution in [-0.4, -0.2) is 4.98 Å². The van der Waals surface area contributed by atoms with Crippen LogP contribution >= 0.6 is 0 Å². The molecule has 0 spiro atoms. The molecule has 1 heterocycles. The van der Waals surface area contributed by atoms with Crippen LogP contribution in [0.15, 0.2) is 36.5 Å². The Kier molecular flexibility index (Phi) is 3.78. The average Bonchev–Trinajstić information content (AvgIpc) is 2.41. The number of hydrogen-bond acceptors (Lipinski definition) is 2. The van der Waals surface area contributed by atoms with Gasteiger partial charge in [0, 0.05) is 6.20 Å². The van der Waals surface area contributed by atoms with Crippen LogP contribution in [0.2, 0.25) is 0 Å². The summed E-state index contributed by atoms with van der Waals surface area (Å²) in [6.45, 7) is 6.36. The van der Waals surface area contributed by atoms with Gasteiger partial charge in [0.05, 0.1) is 11.7 Å². The number of hydrogen-bond donors (Lipinski definition) is 1. The van der Waals surface area contributed by atoms with E-state index >= 15 is 0 Å². The summed E-state index contributed by atoms with van der Waals surface area (Å²) in [6, 6.07) is 10.3. The lowest BCUT2D eigenvalue weighted by Crippen LogP contribution is -2.16. The van der Waals surface area contributed by atoms with Gasteiger partial charge in [0.25, 0.3) is 0 Å². The lowest BCUT2D eigenvalue weighted by atomic mass is 9.96. The first-order chi connectivity index (χ1) is 8.63. The third-order valence-electron chi connectivity index (χ3n) is 3.49. The Balaban J connectivity index is 2.41. The predicted molar refractivity (Wildman–Crippen MR) is 75.6 cm³/mol. The fraction of sp³-hybridized carbons (Fsp3) is 0.312. The second kappa shape index (κ2) is 5.32. The fourth-order valence-corrected chi connectivity index (χ4v) is 2.15. The van der Waals surface area contributed by atoms with Gasteiger partial charge in [-0.1, -0.05) is 31.2 Å². The highest BCUT2D eigenvalue weighted by molar-refractivity contribution is 5.37.